The van der Waals surface area contributed by atoms with Crippen molar-refractivity contribution in [3.63, 3.8) is 0 Å². The molecule has 2 amide bonds. The number of hydrogen-bond donors (Lipinski definition) is 2. The van der Waals surface area contributed by atoms with Gasteiger partial charge in [0.15, 0.2) is 11.2 Å². The Morgan fingerprint density at radius 2 is 1.57 bits per heavy atom. The van der Waals surface area contributed by atoms with E-state index < -0.39 is 21.1 Å². The van der Waals surface area contributed by atoms with Crippen LogP contribution in [0.2, 0.25) is 0 Å². The van der Waals surface area contributed by atoms with E-state index in [-0.39, 0.29) is 46.5 Å². The topological polar surface area (TPSA) is 157 Å². The highest BCUT2D eigenvalue weighted by atomic mass is 32.2. The molecular formula is C26H29N7O6S. The van der Waals surface area contributed by atoms with Crippen LogP contribution in [0.4, 0.5) is 11.4 Å². The number of fused-ring (bicyclic) bond motifs is 1. The highest BCUT2D eigenvalue weighted by Crippen LogP contribution is 2.32. The van der Waals surface area contributed by atoms with Gasteiger partial charge in [0.1, 0.15) is 0 Å². The van der Waals surface area contributed by atoms with Crippen molar-refractivity contribution in [3.8, 4) is 11.8 Å². The molecule has 0 saturated heterocycles. The average Bonchev–Trinajstić information content (AvgIpc) is 3.79. The summed E-state index contributed by atoms with van der Waals surface area (Å²) in [6, 6.07) is 5.01. The first-order valence-corrected chi connectivity index (χ1v) is 14.6. The molecule has 5 rings (SSSR count). The van der Waals surface area contributed by atoms with Gasteiger partial charge >= 0.3 is 5.69 Å². The van der Waals surface area contributed by atoms with Gasteiger partial charge in [0.05, 0.1) is 6.54 Å². The largest absolute Gasteiger partial charge is 0.333 e. The van der Waals surface area contributed by atoms with E-state index in [0.717, 1.165) is 45.7 Å². The third-order valence-electron chi connectivity index (χ3n) is 6.65. The minimum Gasteiger partial charge on any atom is -0.326 e. The highest BCUT2D eigenvalue weighted by Gasteiger charge is 2.31. The van der Waals surface area contributed by atoms with E-state index in [0.29, 0.717) is 16.9 Å². The first-order chi connectivity index (χ1) is 18.8. The predicted octanol–water partition coefficient (Wildman–Crippen LogP) is 0.247. The fourth-order valence-electron chi connectivity index (χ4n) is 4.27. The number of sulfone groups is 1. The number of carbonyl (C=O) groups excluding carboxylic acids is 2. The summed E-state index contributed by atoms with van der Waals surface area (Å²) in [5.74, 6) is 5.61. The van der Waals surface area contributed by atoms with Gasteiger partial charge in [-0.15, -0.1) is 0 Å². The van der Waals surface area contributed by atoms with Gasteiger partial charge in [-0.3, -0.25) is 23.5 Å². The maximum absolute atomic E-state index is 13.0. The van der Waals surface area contributed by atoms with Crippen molar-refractivity contribution in [3.05, 3.63) is 44.6 Å². The average molecular weight is 568 g/mol. The minimum absolute atomic E-state index is 0.0166. The Hall–Kier alpha value is -4.38. The fourth-order valence-corrected chi connectivity index (χ4v) is 5.09. The third-order valence-corrected chi connectivity index (χ3v) is 7.58. The molecule has 0 spiro atoms. The number of rotatable bonds is 7. The number of imidazole rings is 1. The van der Waals surface area contributed by atoms with Crippen LogP contribution in [0.25, 0.3) is 11.2 Å². The van der Waals surface area contributed by atoms with Gasteiger partial charge in [0.2, 0.25) is 26.8 Å². The van der Waals surface area contributed by atoms with Crippen molar-refractivity contribution < 1.29 is 18.0 Å². The Bertz CT molecular complexity index is 1800. The summed E-state index contributed by atoms with van der Waals surface area (Å²) < 4.78 is 28.0. The summed E-state index contributed by atoms with van der Waals surface area (Å²) >= 11 is 0. The van der Waals surface area contributed by atoms with Crippen molar-refractivity contribution >= 4 is 44.2 Å². The predicted molar refractivity (Wildman–Crippen MR) is 148 cm³/mol. The number of benzene rings is 1. The zero-order valence-corrected chi connectivity index (χ0v) is 23.3. The van der Waals surface area contributed by atoms with Crippen molar-refractivity contribution in [2.45, 2.75) is 37.4 Å². The second kappa shape index (κ2) is 9.98. The van der Waals surface area contributed by atoms with E-state index in [4.69, 9.17) is 0 Å². The lowest BCUT2D eigenvalue weighted by molar-refractivity contribution is -0.118. The van der Waals surface area contributed by atoms with E-state index >= 15 is 0 Å². The maximum atomic E-state index is 13.0. The normalized spacial score (nSPS) is 14.9. The molecule has 2 aromatic heterocycles. The fraction of sp³-hybridized carbons (Fsp3) is 0.423. The smallest absolute Gasteiger partial charge is 0.326 e. The van der Waals surface area contributed by atoms with Crippen LogP contribution in [0.15, 0.2) is 32.9 Å². The van der Waals surface area contributed by atoms with Gasteiger partial charge < -0.3 is 15.6 Å². The summed E-state index contributed by atoms with van der Waals surface area (Å²) in [4.78, 5) is 54.9. The van der Waals surface area contributed by atoms with Crippen LogP contribution >= 0.6 is 0 Å². The van der Waals surface area contributed by atoms with E-state index in [1.54, 1.807) is 32.3 Å². The standard InChI is InChI=1S/C26H29N7O6S/c1-30(2)33-20-21(29-25(33)40(4,38)39)32(26(37)31(3)24(20)36)11-5-6-15-12-18(27-22(34)16-7-8-16)14-19(13-15)28-23(35)17-9-10-17/h12-14,16-17H,7-11H2,1-4H3,(H,27,34)(H,28,35). The van der Waals surface area contributed by atoms with Gasteiger partial charge in [-0.25, -0.2) is 17.9 Å². The van der Waals surface area contributed by atoms with Crippen LogP contribution in [-0.4, -0.2) is 59.4 Å². The monoisotopic (exact) mass is 567 g/mol. The molecule has 2 fully saturated rings. The molecule has 2 aliphatic rings. The molecule has 13 nitrogen and oxygen atoms in total. The SMILES string of the molecule is CN(C)n1c(S(C)(=O)=O)nc2c1c(=O)n(C)c(=O)n2CC#Cc1cc(NC(=O)C2CC2)cc(NC(=O)C2CC2)c1. The molecule has 2 N–H and O–H groups in total. The maximum Gasteiger partial charge on any atom is 0.333 e. The lowest BCUT2D eigenvalue weighted by Crippen LogP contribution is -2.40. The molecule has 2 aliphatic carbocycles. The number of nitrogens with zero attached hydrogens (tertiary/aromatic N) is 5. The molecule has 40 heavy (non-hydrogen) atoms. The molecule has 0 atom stereocenters. The van der Waals surface area contributed by atoms with Crippen LogP contribution in [0.5, 0.6) is 0 Å². The molecule has 0 bridgehead atoms. The van der Waals surface area contributed by atoms with Crippen LogP contribution in [0.1, 0.15) is 31.2 Å². The number of amides is 2. The number of nitrogens with one attached hydrogen (secondary N) is 2. The molecule has 2 heterocycles. The van der Waals surface area contributed by atoms with Crippen LogP contribution in [-0.2, 0) is 33.0 Å². The molecule has 210 valence electrons. The first kappa shape index (κ1) is 27.2. The van der Waals surface area contributed by atoms with Gasteiger partial charge in [0, 0.05) is 56.2 Å². The summed E-state index contributed by atoms with van der Waals surface area (Å²) in [6.45, 7) is -0.209. The van der Waals surface area contributed by atoms with E-state index in [1.807, 2.05) is 0 Å². The van der Waals surface area contributed by atoms with Crippen LogP contribution < -0.4 is 26.9 Å². The summed E-state index contributed by atoms with van der Waals surface area (Å²) in [5.41, 5.74) is -0.153. The Morgan fingerprint density at radius 1 is 1.02 bits per heavy atom. The number of aromatic nitrogens is 4. The van der Waals surface area contributed by atoms with Crippen molar-refractivity contribution in [2.24, 2.45) is 18.9 Å². The van der Waals surface area contributed by atoms with E-state index in [1.165, 1.54) is 12.1 Å². The second-order valence-corrected chi connectivity index (χ2v) is 12.3. The quantitative estimate of drug-likeness (QED) is 0.385. The Labute approximate surface area is 229 Å². The number of anilines is 2. The summed E-state index contributed by atoms with van der Waals surface area (Å²) in [5, 5.41) is 6.74. The van der Waals surface area contributed by atoms with Crippen molar-refractivity contribution in [1.82, 2.24) is 18.8 Å². The molecule has 2 saturated carbocycles. The molecule has 14 heteroatoms. The van der Waals surface area contributed by atoms with Gasteiger partial charge in [-0.2, -0.15) is 4.98 Å². The van der Waals surface area contributed by atoms with Crippen molar-refractivity contribution in [1.29, 1.82) is 0 Å². The van der Waals surface area contributed by atoms with E-state index in [9.17, 15) is 27.6 Å². The lowest BCUT2D eigenvalue weighted by atomic mass is 10.1. The number of carbonyl (C=O) groups is 2. The summed E-state index contributed by atoms with van der Waals surface area (Å²) in [7, 11) is 0.548. The first-order valence-electron chi connectivity index (χ1n) is 12.7. The molecule has 0 aliphatic heterocycles. The Kier molecular flexibility index (Phi) is 6.79. The summed E-state index contributed by atoms with van der Waals surface area (Å²) in [6.07, 6.45) is 4.32. The van der Waals surface area contributed by atoms with Crippen molar-refractivity contribution in [2.75, 3.05) is 36.0 Å². The molecule has 3 aromatic rings. The zero-order chi connectivity index (χ0) is 28.9. The lowest BCUT2D eigenvalue weighted by Gasteiger charge is -2.17. The number of hydrogen-bond acceptors (Lipinski definition) is 8. The van der Waals surface area contributed by atoms with Gasteiger partial charge in [-0.1, -0.05) is 11.8 Å². The molecule has 0 radical (unpaired) electrons. The highest BCUT2D eigenvalue weighted by molar-refractivity contribution is 7.90. The Balaban J connectivity index is 1.54. The zero-order valence-electron chi connectivity index (χ0n) is 22.5. The second-order valence-electron chi connectivity index (χ2n) is 10.4. The van der Waals surface area contributed by atoms with E-state index in [2.05, 4.69) is 27.5 Å². The molecule has 1 aromatic carbocycles. The van der Waals surface area contributed by atoms with Gasteiger partial charge in [0.25, 0.3) is 5.56 Å². The van der Waals surface area contributed by atoms with Crippen LogP contribution in [0.3, 0.4) is 0 Å². The Morgan fingerprint density at radius 3 is 2.05 bits per heavy atom. The molecular weight excluding hydrogens is 538 g/mol. The molecule has 0 unspecified atom stereocenters. The van der Waals surface area contributed by atoms with Gasteiger partial charge in [-0.05, 0) is 43.9 Å². The minimum atomic E-state index is -3.85. The van der Waals surface area contributed by atoms with Crippen LogP contribution in [0, 0.1) is 23.7 Å². The third kappa shape index (κ3) is 5.37.